The Morgan fingerprint density at radius 1 is 1.04 bits per heavy atom. The topological polar surface area (TPSA) is 35.5 Å². The normalized spacial score (nSPS) is 13.3. The molecular formula is C23H24O3. The van der Waals surface area contributed by atoms with Gasteiger partial charge in [-0.3, -0.25) is 0 Å². The molecule has 1 unspecified atom stereocenters. The van der Waals surface area contributed by atoms with E-state index in [0.29, 0.717) is 13.0 Å². The van der Waals surface area contributed by atoms with Crippen molar-refractivity contribution in [1.82, 2.24) is 0 Å². The maximum Gasteiger partial charge on any atom is 0.330 e. The summed E-state index contributed by atoms with van der Waals surface area (Å²) in [6.45, 7) is 7.85. The molecule has 3 heteroatoms. The van der Waals surface area contributed by atoms with Crippen molar-refractivity contribution < 1.29 is 14.3 Å². The highest BCUT2D eigenvalue weighted by Crippen LogP contribution is 2.27. The van der Waals surface area contributed by atoms with Gasteiger partial charge < -0.3 is 9.47 Å². The van der Waals surface area contributed by atoms with Gasteiger partial charge in [0.2, 0.25) is 0 Å². The van der Waals surface area contributed by atoms with Crippen molar-refractivity contribution in [2.24, 2.45) is 0 Å². The Kier molecular flexibility index (Phi) is 5.27. The lowest BCUT2D eigenvalue weighted by Crippen LogP contribution is -2.32. The highest BCUT2D eigenvalue weighted by molar-refractivity contribution is 5.98. The maximum absolute atomic E-state index is 11.5. The molecule has 0 amide bonds. The summed E-state index contributed by atoms with van der Waals surface area (Å²) in [5.74, 6) is 0.424. The van der Waals surface area contributed by atoms with E-state index in [0.717, 1.165) is 17.6 Å². The van der Waals surface area contributed by atoms with Gasteiger partial charge in [-0.15, -0.1) is 0 Å². The number of ether oxygens (including phenoxy) is 2. The molecule has 0 aliphatic carbocycles. The van der Waals surface area contributed by atoms with Crippen molar-refractivity contribution in [1.29, 1.82) is 0 Å². The number of carbonyl (C=O) groups excluding carboxylic acids is 1. The summed E-state index contributed by atoms with van der Waals surface area (Å²) in [6.07, 6.45) is 2.54. The molecule has 3 rings (SSSR count). The van der Waals surface area contributed by atoms with Crippen molar-refractivity contribution in [2.45, 2.75) is 32.3 Å². The molecule has 3 nitrogen and oxygen atoms in total. The summed E-state index contributed by atoms with van der Waals surface area (Å²) in [7, 11) is 0. The van der Waals surface area contributed by atoms with Crippen LogP contribution in [0.4, 0.5) is 0 Å². The predicted molar refractivity (Wildman–Crippen MR) is 107 cm³/mol. The quantitative estimate of drug-likeness (QED) is 0.314. The fraction of sp³-hybridized carbons (Fsp3) is 0.261. The first kappa shape index (κ1) is 18.0. The van der Waals surface area contributed by atoms with Gasteiger partial charge in [-0.25, -0.2) is 4.79 Å². The highest BCUT2D eigenvalue weighted by atomic mass is 16.6. The van der Waals surface area contributed by atoms with E-state index < -0.39 is 11.6 Å². The summed E-state index contributed by atoms with van der Waals surface area (Å²) in [5.41, 5.74) is -0.543. The molecule has 0 spiro atoms. The lowest BCUT2D eigenvalue weighted by atomic mass is 9.99. The Bertz CT molecular complexity index is 944. The van der Waals surface area contributed by atoms with Crippen molar-refractivity contribution in [3.05, 3.63) is 67.3 Å². The van der Waals surface area contributed by atoms with Crippen molar-refractivity contribution >= 4 is 27.5 Å². The largest absolute Gasteiger partial charge is 0.493 e. The van der Waals surface area contributed by atoms with Crippen LogP contribution >= 0.6 is 0 Å². The molecule has 0 aliphatic rings. The van der Waals surface area contributed by atoms with Crippen LogP contribution in [0.15, 0.2) is 67.3 Å². The van der Waals surface area contributed by atoms with Gasteiger partial charge in [0.25, 0.3) is 0 Å². The molecular weight excluding hydrogens is 324 g/mol. The van der Waals surface area contributed by atoms with Gasteiger partial charge in [0.1, 0.15) is 11.4 Å². The fourth-order valence-electron chi connectivity index (χ4n) is 2.98. The average molecular weight is 348 g/mol. The Labute approximate surface area is 154 Å². The Hall–Kier alpha value is -2.81. The SMILES string of the molecule is C=CC(=O)OC(C)(CC)CCOc1ccc2cc3ccccc3cc2c1. The standard InChI is InChI=1S/C23H24O3/c1-4-22(24)26-23(3,5-2)12-13-25-21-11-10-19-14-17-8-6-7-9-18(17)15-20(19)16-21/h4,6-11,14-16H,1,5,12-13H2,2-3H3. The molecule has 0 aliphatic heterocycles. The monoisotopic (exact) mass is 348 g/mol. The van der Waals surface area contributed by atoms with Gasteiger partial charge in [-0.2, -0.15) is 0 Å². The Morgan fingerprint density at radius 3 is 2.35 bits per heavy atom. The van der Waals surface area contributed by atoms with Gasteiger partial charge in [-0.05, 0) is 59.2 Å². The van der Waals surface area contributed by atoms with Crippen LogP contribution in [0.5, 0.6) is 5.75 Å². The number of fused-ring (bicyclic) bond motifs is 2. The van der Waals surface area contributed by atoms with E-state index in [-0.39, 0.29) is 0 Å². The smallest absolute Gasteiger partial charge is 0.330 e. The van der Waals surface area contributed by atoms with Crippen LogP contribution in [0.25, 0.3) is 21.5 Å². The van der Waals surface area contributed by atoms with Crippen LogP contribution in [-0.4, -0.2) is 18.2 Å². The van der Waals surface area contributed by atoms with E-state index in [4.69, 9.17) is 9.47 Å². The second-order valence-electron chi connectivity index (χ2n) is 6.74. The van der Waals surface area contributed by atoms with E-state index in [9.17, 15) is 4.79 Å². The first-order valence-electron chi connectivity index (χ1n) is 8.94. The summed E-state index contributed by atoms with van der Waals surface area (Å²) >= 11 is 0. The second-order valence-corrected chi connectivity index (χ2v) is 6.74. The van der Waals surface area contributed by atoms with Gasteiger partial charge in [0, 0.05) is 12.5 Å². The third-order valence-corrected chi connectivity index (χ3v) is 4.84. The Balaban J connectivity index is 1.71. The summed E-state index contributed by atoms with van der Waals surface area (Å²) < 4.78 is 11.4. The van der Waals surface area contributed by atoms with E-state index in [1.165, 1.54) is 22.2 Å². The van der Waals surface area contributed by atoms with Gasteiger partial charge in [0.15, 0.2) is 0 Å². The number of carbonyl (C=O) groups is 1. The van der Waals surface area contributed by atoms with Crippen LogP contribution in [-0.2, 0) is 9.53 Å². The molecule has 1 atom stereocenters. The minimum absolute atomic E-state index is 0.396. The van der Waals surface area contributed by atoms with E-state index in [2.05, 4.69) is 49.0 Å². The third-order valence-electron chi connectivity index (χ3n) is 4.84. The third kappa shape index (κ3) is 4.05. The molecule has 0 fully saturated rings. The molecule has 134 valence electrons. The second kappa shape index (κ2) is 7.61. The van der Waals surface area contributed by atoms with Crippen LogP contribution in [0.1, 0.15) is 26.7 Å². The van der Waals surface area contributed by atoms with E-state index in [1.807, 2.05) is 26.0 Å². The van der Waals surface area contributed by atoms with Crippen molar-refractivity contribution in [3.8, 4) is 5.75 Å². The molecule has 0 heterocycles. The zero-order chi connectivity index (χ0) is 18.6. The molecule has 0 saturated carbocycles. The van der Waals surface area contributed by atoms with E-state index in [1.54, 1.807) is 0 Å². The summed E-state index contributed by atoms with van der Waals surface area (Å²) in [4.78, 5) is 11.5. The molecule has 0 radical (unpaired) electrons. The summed E-state index contributed by atoms with van der Waals surface area (Å²) in [6, 6.07) is 18.8. The average Bonchev–Trinajstić information content (AvgIpc) is 2.66. The van der Waals surface area contributed by atoms with E-state index >= 15 is 0 Å². The number of rotatable bonds is 7. The molecule has 0 saturated heterocycles. The van der Waals surface area contributed by atoms with Crippen LogP contribution in [0.3, 0.4) is 0 Å². The lowest BCUT2D eigenvalue weighted by Gasteiger charge is -2.27. The van der Waals surface area contributed by atoms with Gasteiger partial charge in [0.05, 0.1) is 6.61 Å². The summed E-state index contributed by atoms with van der Waals surface area (Å²) in [5, 5.41) is 4.79. The number of esters is 1. The van der Waals surface area contributed by atoms with Crippen LogP contribution in [0.2, 0.25) is 0 Å². The molecule has 3 aromatic rings. The molecule has 0 aromatic heterocycles. The van der Waals surface area contributed by atoms with Crippen LogP contribution in [0, 0.1) is 0 Å². The minimum Gasteiger partial charge on any atom is -0.493 e. The van der Waals surface area contributed by atoms with Gasteiger partial charge >= 0.3 is 5.97 Å². The van der Waals surface area contributed by atoms with Crippen molar-refractivity contribution in [3.63, 3.8) is 0 Å². The van der Waals surface area contributed by atoms with Gasteiger partial charge in [-0.1, -0.05) is 43.8 Å². The number of benzene rings is 3. The maximum atomic E-state index is 11.5. The lowest BCUT2D eigenvalue weighted by molar-refractivity contribution is -0.153. The highest BCUT2D eigenvalue weighted by Gasteiger charge is 2.25. The number of hydrogen-bond donors (Lipinski definition) is 0. The Morgan fingerprint density at radius 2 is 1.69 bits per heavy atom. The zero-order valence-corrected chi connectivity index (χ0v) is 15.3. The minimum atomic E-state index is -0.543. The van der Waals surface area contributed by atoms with Crippen molar-refractivity contribution in [2.75, 3.05) is 6.61 Å². The van der Waals surface area contributed by atoms with Crippen LogP contribution < -0.4 is 4.74 Å². The zero-order valence-electron chi connectivity index (χ0n) is 15.3. The molecule has 26 heavy (non-hydrogen) atoms. The molecule has 0 N–H and O–H groups in total. The fourth-order valence-corrected chi connectivity index (χ4v) is 2.98. The molecule has 3 aromatic carbocycles. The molecule has 0 bridgehead atoms. The number of hydrogen-bond acceptors (Lipinski definition) is 3. The first-order valence-corrected chi connectivity index (χ1v) is 8.94. The predicted octanol–water partition coefficient (Wildman–Crippen LogP) is 5.66. The first-order chi connectivity index (χ1) is 12.5.